The van der Waals surface area contributed by atoms with Crippen molar-refractivity contribution in [2.24, 2.45) is 0 Å². The van der Waals surface area contributed by atoms with Crippen LogP contribution in [0.3, 0.4) is 0 Å². The van der Waals surface area contributed by atoms with Gasteiger partial charge in [-0.3, -0.25) is 0 Å². The molecule has 5 nitrogen and oxygen atoms in total. The van der Waals surface area contributed by atoms with E-state index < -0.39 is 0 Å². The van der Waals surface area contributed by atoms with E-state index in [-0.39, 0.29) is 0 Å². The molecule has 1 aromatic heterocycles. The number of ether oxygens (including phenoxy) is 1. The number of nitrogens with two attached hydrogens (primary N) is 1. The van der Waals surface area contributed by atoms with Crippen molar-refractivity contribution in [3.8, 4) is 0 Å². The van der Waals surface area contributed by atoms with Gasteiger partial charge in [-0.05, 0) is 18.1 Å². The number of hydrogen-bond donors (Lipinski definition) is 1. The van der Waals surface area contributed by atoms with Crippen molar-refractivity contribution in [1.29, 1.82) is 0 Å². The molecule has 0 bridgehead atoms. The van der Waals surface area contributed by atoms with Crippen molar-refractivity contribution in [2.75, 3.05) is 19.5 Å². The van der Waals surface area contributed by atoms with Gasteiger partial charge < -0.3 is 15.0 Å². The summed E-state index contributed by atoms with van der Waals surface area (Å²) in [6, 6.07) is 7.81. The number of benzene rings is 1. The molecule has 0 unspecified atom stereocenters. The van der Waals surface area contributed by atoms with Crippen LogP contribution >= 0.6 is 0 Å². The maximum atomic E-state index is 5.87. The number of para-hydroxylation sites is 1. The molecule has 0 aliphatic rings. The second-order valence-corrected chi connectivity index (χ2v) is 4.05. The van der Waals surface area contributed by atoms with Crippen LogP contribution < -0.4 is 5.73 Å². The van der Waals surface area contributed by atoms with E-state index in [0.29, 0.717) is 31.2 Å². The lowest BCUT2D eigenvalue weighted by molar-refractivity contribution is 0.199. The number of aryl methyl sites for hydroxylation is 2. The second-order valence-electron chi connectivity index (χ2n) is 4.05. The first-order valence-electron chi connectivity index (χ1n) is 5.93. The van der Waals surface area contributed by atoms with Crippen LogP contribution in [0.2, 0.25) is 0 Å². The molecule has 2 N–H and O–H groups in total. The summed E-state index contributed by atoms with van der Waals surface area (Å²) in [5.74, 6) is 1.33. The fraction of sp³-hybridized carbons (Fsp3) is 0.385. The predicted octanol–water partition coefficient (Wildman–Crippen LogP) is 1.63. The first-order chi connectivity index (χ1) is 8.79. The minimum absolute atomic E-state index is 0.602. The third-order valence-electron chi connectivity index (χ3n) is 2.70. The predicted molar refractivity (Wildman–Crippen MR) is 68.1 cm³/mol. The zero-order valence-corrected chi connectivity index (χ0v) is 10.4. The Morgan fingerprint density at radius 3 is 2.83 bits per heavy atom. The fourth-order valence-electron chi connectivity index (χ4n) is 1.69. The summed E-state index contributed by atoms with van der Waals surface area (Å²) in [7, 11) is 1.65. The molecule has 18 heavy (non-hydrogen) atoms. The molecule has 96 valence electrons. The van der Waals surface area contributed by atoms with Gasteiger partial charge in [0, 0.05) is 25.6 Å². The van der Waals surface area contributed by atoms with Gasteiger partial charge in [-0.15, -0.1) is 0 Å². The zero-order valence-electron chi connectivity index (χ0n) is 10.4. The number of nitrogen functional groups attached to an aromatic ring is 1. The molecular formula is C13H17N3O2. The van der Waals surface area contributed by atoms with Crippen molar-refractivity contribution in [2.45, 2.75) is 19.3 Å². The van der Waals surface area contributed by atoms with Crippen molar-refractivity contribution >= 4 is 5.69 Å². The van der Waals surface area contributed by atoms with Gasteiger partial charge in [0.25, 0.3) is 0 Å². The second kappa shape index (κ2) is 6.16. The minimum Gasteiger partial charge on any atom is -0.399 e. The van der Waals surface area contributed by atoms with Crippen LogP contribution in [0.15, 0.2) is 28.8 Å². The lowest BCUT2D eigenvalue weighted by Crippen LogP contribution is -1.98. The normalized spacial score (nSPS) is 10.7. The van der Waals surface area contributed by atoms with Crippen molar-refractivity contribution in [1.82, 2.24) is 10.1 Å². The van der Waals surface area contributed by atoms with Crippen LogP contribution in [0, 0.1) is 0 Å². The van der Waals surface area contributed by atoms with E-state index in [1.807, 2.05) is 24.3 Å². The van der Waals surface area contributed by atoms with E-state index >= 15 is 0 Å². The van der Waals surface area contributed by atoms with Crippen molar-refractivity contribution in [3.05, 3.63) is 41.5 Å². The molecule has 0 saturated heterocycles. The standard InChI is InChI=1S/C13H17N3O2/c1-17-9-8-12-15-13(18-16-12)7-6-10-4-2-3-5-11(10)14/h2-5H,6-9,14H2,1H3. The monoisotopic (exact) mass is 247 g/mol. The SMILES string of the molecule is COCCc1noc(CCc2ccccc2N)n1. The summed E-state index contributed by atoms with van der Waals surface area (Å²) in [6.45, 7) is 0.602. The van der Waals surface area contributed by atoms with Gasteiger partial charge in [-0.2, -0.15) is 4.98 Å². The van der Waals surface area contributed by atoms with E-state index in [2.05, 4.69) is 10.1 Å². The third kappa shape index (κ3) is 3.30. The average molecular weight is 247 g/mol. The first kappa shape index (κ1) is 12.6. The van der Waals surface area contributed by atoms with E-state index in [9.17, 15) is 0 Å². The fourth-order valence-corrected chi connectivity index (χ4v) is 1.69. The van der Waals surface area contributed by atoms with Crippen LogP contribution in [-0.4, -0.2) is 23.9 Å². The number of nitrogens with zero attached hydrogens (tertiary/aromatic N) is 2. The quantitative estimate of drug-likeness (QED) is 0.785. The number of aromatic nitrogens is 2. The highest BCUT2D eigenvalue weighted by atomic mass is 16.5. The van der Waals surface area contributed by atoms with Gasteiger partial charge >= 0.3 is 0 Å². The summed E-state index contributed by atoms with van der Waals surface area (Å²) in [6.07, 6.45) is 2.18. The van der Waals surface area contributed by atoms with Crippen LogP contribution in [0.4, 0.5) is 5.69 Å². The Morgan fingerprint density at radius 1 is 1.22 bits per heavy atom. The Morgan fingerprint density at radius 2 is 2.06 bits per heavy atom. The topological polar surface area (TPSA) is 74.2 Å². The van der Waals surface area contributed by atoms with Crippen molar-refractivity contribution < 1.29 is 9.26 Å². The third-order valence-corrected chi connectivity index (χ3v) is 2.70. The number of rotatable bonds is 6. The molecule has 0 saturated carbocycles. The molecule has 1 aromatic carbocycles. The summed E-state index contributed by atoms with van der Waals surface area (Å²) in [4.78, 5) is 4.29. The Kier molecular flexibility index (Phi) is 4.30. The van der Waals surface area contributed by atoms with Crippen LogP contribution in [-0.2, 0) is 24.0 Å². The van der Waals surface area contributed by atoms with Crippen LogP contribution in [0.5, 0.6) is 0 Å². The summed E-state index contributed by atoms with van der Waals surface area (Å²) >= 11 is 0. The Bertz CT molecular complexity index is 496. The molecule has 0 radical (unpaired) electrons. The summed E-state index contributed by atoms with van der Waals surface area (Å²) in [5, 5.41) is 3.89. The molecule has 0 aliphatic heterocycles. The number of methoxy groups -OCH3 is 1. The van der Waals surface area contributed by atoms with E-state index in [0.717, 1.165) is 17.7 Å². The number of hydrogen-bond acceptors (Lipinski definition) is 5. The van der Waals surface area contributed by atoms with Crippen LogP contribution in [0.25, 0.3) is 0 Å². The minimum atomic E-state index is 0.602. The maximum Gasteiger partial charge on any atom is 0.226 e. The highest BCUT2D eigenvalue weighted by Crippen LogP contribution is 2.13. The molecule has 0 aliphatic carbocycles. The average Bonchev–Trinajstić information content (AvgIpc) is 2.83. The Labute approximate surface area is 106 Å². The molecule has 5 heteroatoms. The maximum absolute atomic E-state index is 5.87. The zero-order chi connectivity index (χ0) is 12.8. The van der Waals surface area contributed by atoms with E-state index in [4.69, 9.17) is 15.0 Å². The lowest BCUT2D eigenvalue weighted by atomic mass is 10.1. The van der Waals surface area contributed by atoms with Gasteiger partial charge in [0.05, 0.1) is 6.61 Å². The van der Waals surface area contributed by atoms with E-state index in [1.165, 1.54) is 0 Å². The molecule has 2 aromatic rings. The van der Waals surface area contributed by atoms with Gasteiger partial charge in [0.1, 0.15) is 0 Å². The highest BCUT2D eigenvalue weighted by molar-refractivity contribution is 5.46. The van der Waals surface area contributed by atoms with E-state index in [1.54, 1.807) is 7.11 Å². The van der Waals surface area contributed by atoms with Gasteiger partial charge in [-0.1, -0.05) is 23.4 Å². The molecule has 2 rings (SSSR count). The molecular weight excluding hydrogens is 230 g/mol. The number of anilines is 1. The Hall–Kier alpha value is -1.88. The van der Waals surface area contributed by atoms with Gasteiger partial charge in [0.2, 0.25) is 5.89 Å². The highest BCUT2D eigenvalue weighted by Gasteiger charge is 2.07. The molecule has 1 heterocycles. The lowest BCUT2D eigenvalue weighted by Gasteiger charge is -2.02. The van der Waals surface area contributed by atoms with Crippen molar-refractivity contribution in [3.63, 3.8) is 0 Å². The molecule has 0 spiro atoms. The van der Waals surface area contributed by atoms with Gasteiger partial charge in [-0.25, -0.2) is 0 Å². The van der Waals surface area contributed by atoms with Gasteiger partial charge in [0.15, 0.2) is 5.82 Å². The summed E-state index contributed by atoms with van der Waals surface area (Å²) < 4.78 is 10.1. The van der Waals surface area contributed by atoms with Crippen LogP contribution in [0.1, 0.15) is 17.3 Å². The molecule has 0 amide bonds. The smallest absolute Gasteiger partial charge is 0.226 e. The molecule has 0 atom stereocenters. The molecule has 0 fully saturated rings. The largest absolute Gasteiger partial charge is 0.399 e. The first-order valence-corrected chi connectivity index (χ1v) is 5.93. The Balaban J connectivity index is 1.90. The summed E-state index contributed by atoms with van der Waals surface area (Å²) in [5.41, 5.74) is 7.78.